The van der Waals surface area contributed by atoms with E-state index in [0.29, 0.717) is 6.54 Å². The van der Waals surface area contributed by atoms with E-state index in [-0.39, 0.29) is 49.7 Å². The monoisotopic (exact) mass is 432 g/mol. The average Bonchev–Trinajstić information content (AvgIpc) is 2.68. The van der Waals surface area contributed by atoms with Crippen molar-refractivity contribution >= 4 is 36.6 Å². The number of amides is 2. The van der Waals surface area contributed by atoms with Gasteiger partial charge >= 0.3 is 0 Å². The molecule has 1 aliphatic rings. The lowest BCUT2D eigenvalue weighted by Crippen LogP contribution is -2.40. The molecule has 8 heteroatoms. The minimum absolute atomic E-state index is 0. The summed E-state index contributed by atoms with van der Waals surface area (Å²) in [5, 5.41) is 5.28. The van der Waals surface area contributed by atoms with Crippen molar-refractivity contribution in [2.45, 2.75) is 32.1 Å². The minimum atomic E-state index is -0.309. The van der Waals surface area contributed by atoms with Crippen LogP contribution in [0.3, 0.4) is 0 Å². The molecule has 28 heavy (non-hydrogen) atoms. The highest BCUT2D eigenvalue weighted by Crippen LogP contribution is 2.21. The average molecular weight is 433 g/mol. The number of unbranched alkanes of at least 4 members (excludes halogenated alkanes) is 1. The van der Waals surface area contributed by atoms with E-state index in [1.807, 2.05) is 0 Å². The number of nitrogens with one attached hydrogen (secondary N) is 2. The van der Waals surface area contributed by atoms with E-state index < -0.39 is 0 Å². The Labute approximate surface area is 180 Å². The largest absolute Gasteiger partial charge is 0.355 e. The first-order valence-electron chi connectivity index (χ1n) is 9.67. The third-order valence-electron chi connectivity index (χ3n) is 4.93. The van der Waals surface area contributed by atoms with Crippen LogP contribution in [-0.2, 0) is 16.0 Å². The first kappa shape index (κ1) is 26.7. The molecule has 1 heterocycles. The molecule has 2 rings (SSSR count). The van der Waals surface area contributed by atoms with Crippen LogP contribution < -0.4 is 16.4 Å². The summed E-state index contributed by atoms with van der Waals surface area (Å²) in [7, 11) is 0. The lowest BCUT2D eigenvalue weighted by atomic mass is 9.90. The highest BCUT2D eigenvalue weighted by Gasteiger charge is 2.18. The van der Waals surface area contributed by atoms with Gasteiger partial charge in [-0.05, 0) is 63.2 Å². The predicted octanol–water partition coefficient (Wildman–Crippen LogP) is 1.76. The summed E-state index contributed by atoms with van der Waals surface area (Å²) in [6, 6.07) is 10.8. The number of likely N-dealkylation sites (tertiary alicyclic amines) is 1. The van der Waals surface area contributed by atoms with E-state index in [4.69, 9.17) is 5.73 Å². The van der Waals surface area contributed by atoms with Gasteiger partial charge in [-0.15, -0.1) is 24.8 Å². The van der Waals surface area contributed by atoms with Gasteiger partial charge in [0.1, 0.15) is 0 Å². The van der Waals surface area contributed by atoms with Gasteiger partial charge in [0.05, 0.1) is 13.1 Å². The first-order valence-corrected chi connectivity index (χ1v) is 9.67. The fraction of sp³-hybridized carbons (Fsp3) is 0.600. The summed E-state index contributed by atoms with van der Waals surface area (Å²) >= 11 is 0. The molecule has 0 radical (unpaired) electrons. The molecule has 1 aromatic rings. The second-order valence-corrected chi connectivity index (χ2v) is 7.01. The van der Waals surface area contributed by atoms with Crippen molar-refractivity contribution in [3.63, 3.8) is 0 Å². The molecule has 1 saturated heterocycles. The number of hydrogen-bond acceptors (Lipinski definition) is 4. The van der Waals surface area contributed by atoms with Gasteiger partial charge in [-0.2, -0.15) is 0 Å². The van der Waals surface area contributed by atoms with Crippen LogP contribution in [0.2, 0.25) is 0 Å². The molecular formula is C20H34Cl2N4O2. The number of halogens is 2. The summed E-state index contributed by atoms with van der Waals surface area (Å²) in [4.78, 5) is 25.0. The normalized spacial score (nSPS) is 14.5. The van der Waals surface area contributed by atoms with Gasteiger partial charge in [0.15, 0.2) is 0 Å². The third-order valence-corrected chi connectivity index (χ3v) is 4.93. The molecule has 0 aliphatic carbocycles. The molecule has 1 fully saturated rings. The quantitative estimate of drug-likeness (QED) is 0.491. The number of rotatable bonds is 10. The maximum absolute atomic E-state index is 11.5. The Hall–Kier alpha value is -1.34. The molecule has 1 aromatic carbocycles. The van der Waals surface area contributed by atoms with Crippen LogP contribution in [0.25, 0.3) is 0 Å². The second-order valence-electron chi connectivity index (χ2n) is 7.01. The summed E-state index contributed by atoms with van der Waals surface area (Å²) in [5.41, 5.74) is 6.62. The van der Waals surface area contributed by atoms with Crippen LogP contribution in [0.15, 0.2) is 30.3 Å². The summed E-state index contributed by atoms with van der Waals surface area (Å²) in [6.07, 6.45) is 5.78. The second kappa shape index (κ2) is 15.6. The van der Waals surface area contributed by atoms with Gasteiger partial charge < -0.3 is 21.3 Å². The lowest BCUT2D eigenvalue weighted by molar-refractivity contribution is -0.125. The van der Waals surface area contributed by atoms with Crippen LogP contribution in [0.1, 0.15) is 31.2 Å². The number of carbonyl (C=O) groups excluding carboxylic acids is 2. The Bertz CT molecular complexity index is 552. The number of carbonyl (C=O) groups is 2. The zero-order valence-corrected chi connectivity index (χ0v) is 18.0. The smallest absolute Gasteiger partial charge is 0.239 e. The molecule has 6 nitrogen and oxygen atoms in total. The number of nitrogens with two attached hydrogens (primary N) is 1. The fourth-order valence-corrected chi connectivity index (χ4v) is 3.36. The van der Waals surface area contributed by atoms with E-state index in [0.717, 1.165) is 25.3 Å². The van der Waals surface area contributed by atoms with E-state index in [1.54, 1.807) is 0 Å². The van der Waals surface area contributed by atoms with E-state index >= 15 is 0 Å². The van der Waals surface area contributed by atoms with Crippen LogP contribution in [0.5, 0.6) is 0 Å². The van der Waals surface area contributed by atoms with Crippen molar-refractivity contribution in [2.75, 3.05) is 39.3 Å². The highest BCUT2D eigenvalue weighted by atomic mass is 35.5. The number of benzene rings is 1. The molecule has 2 amide bonds. The topological polar surface area (TPSA) is 87.5 Å². The fourth-order valence-electron chi connectivity index (χ4n) is 3.36. The Kier molecular flexibility index (Phi) is 14.8. The van der Waals surface area contributed by atoms with E-state index in [2.05, 4.69) is 45.9 Å². The SMILES string of the molecule is Cl.Cl.NCC(=O)NCC(=O)NCCCCN1CCC(Cc2ccccc2)CC1. The van der Waals surface area contributed by atoms with Gasteiger partial charge in [-0.25, -0.2) is 0 Å². The van der Waals surface area contributed by atoms with Crippen molar-refractivity contribution in [1.29, 1.82) is 0 Å². The van der Waals surface area contributed by atoms with Crippen molar-refractivity contribution in [3.8, 4) is 0 Å². The van der Waals surface area contributed by atoms with Crippen molar-refractivity contribution in [2.24, 2.45) is 11.7 Å². The third kappa shape index (κ3) is 10.9. The molecule has 1 aliphatic heterocycles. The molecular weight excluding hydrogens is 399 g/mol. The van der Waals surface area contributed by atoms with Gasteiger partial charge in [0.2, 0.25) is 11.8 Å². The maximum Gasteiger partial charge on any atom is 0.239 e. The van der Waals surface area contributed by atoms with Crippen molar-refractivity contribution in [1.82, 2.24) is 15.5 Å². The first-order chi connectivity index (χ1) is 12.7. The Morgan fingerprint density at radius 2 is 1.68 bits per heavy atom. The molecule has 4 N–H and O–H groups in total. The van der Waals surface area contributed by atoms with E-state index in [9.17, 15) is 9.59 Å². The zero-order chi connectivity index (χ0) is 18.6. The molecule has 0 spiro atoms. The van der Waals surface area contributed by atoms with Crippen LogP contribution >= 0.6 is 24.8 Å². The Balaban J connectivity index is 0.00000364. The van der Waals surface area contributed by atoms with Crippen molar-refractivity contribution in [3.05, 3.63) is 35.9 Å². The summed E-state index contributed by atoms with van der Waals surface area (Å²) in [6.45, 7) is 4.02. The van der Waals surface area contributed by atoms with Gasteiger partial charge in [-0.1, -0.05) is 30.3 Å². The number of hydrogen-bond donors (Lipinski definition) is 3. The van der Waals surface area contributed by atoms with E-state index in [1.165, 1.54) is 37.9 Å². The van der Waals surface area contributed by atoms with Crippen LogP contribution in [-0.4, -0.2) is 56.0 Å². The molecule has 0 bridgehead atoms. The van der Waals surface area contributed by atoms with Gasteiger partial charge in [0, 0.05) is 6.54 Å². The van der Waals surface area contributed by atoms with Crippen molar-refractivity contribution < 1.29 is 9.59 Å². The van der Waals surface area contributed by atoms with Crippen LogP contribution in [0, 0.1) is 5.92 Å². The molecule has 0 saturated carbocycles. The Morgan fingerprint density at radius 1 is 1.00 bits per heavy atom. The van der Waals surface area contributed by atoms with Crippen LogP contribution in [0.4, 0.5) is 0 Å². The summed E-state index contributed by atoms with van der Waals surface area (Å²) < 4.78 is 0. The molecule has 160 valence electrons. The molecule has 0 aromatic heterocycles. The highest BCUT2D eigenvalue weighted by molar-refractivity contribution is 5.86. The zero-order valence-electron chi connectivity index (χ0n) is 16.4. The van der Waals surface area contributed by atoms with Gasteiger partial charge in [0.25, 0.3) is 0 Å². The van der Waals surface area contributed by atoms with Gasteiger partial charge in [-0.3, -0.25) is 9.59 Å². The minimum Gasteiger partial charge on any atom is -0.355 e. The number of piperidine rings is 1. The lowest BCUT2D eigenvalue weighted by Gasteiger charge is -2.32. The predicted molar refractivity (Wildman–Crippen MR) is 118 cm³/mol. The molecule has 0 atom stereocenters. The Morgan fingerprint density at radius 3 is 2.32 bits per heavy atom. The maximum atomic E-state index is 11.5. The standard InChI is InChI=1S/C20H32N4O2.2ClH/c21-15-19(25)23-16-20(26)22-10-4-5-11-24-12-8-18(9-13-24)14-17-6-2-1-3-7-17;;/h1-3,6-7,18H,4-5,8-16,21H2,(H,22,26)(H,23,25);2*1H. The summed E-state index contributed by atoms with van der Waals surface area (Å²) in [5.74, 6) is 0.334. The number of nitrogens with zero attached hydrogens (tertiary/aromatic N) is 1. The molecule has 0 unspecified atom stereocenters.